The van der Waals surface area contributed by atoms with E-state index in [9.17, 15) is 4.39 Å². The predicted octanol–water partition coefficient (Wildman–Crippen LogP) is 3.19. The molecule has 0 aromatic carbocycles. The van der Waals surface area contributed by atoms with Crippen molar-refractivity contribution < 1.29 is 4.39 Å². The van der Waals surface area contributed by atoms with Crippen LogP contribution in [0.2, 0.25) is 0 Å². The van der Waals surface area contributed by atoms with Crippen molar-refractivity contribution in [2.75, 3.05) is 6.67 Å². The van der Waals surface area contributed by atoms with Crippen LogP contribution in [-0.4, -0.2) is 6.67 Å². The Balaban J connectivity index is 3.83. The summed E-state index contributed by atoms with van der Waals surface area (Å²) >= 11 is 0. The highest BCUT2D eigenvalue weighted by Crippen LogP contribution is 2.14. The molecule has 0 aliphatic heterocycles. The maximum atomic E-state index is 12.1. The van der Waals surface area contributed by atoms with E-state index in [1.807, 2.05) is 20.8 Å². The Morgan fingerprint density at radius 1 is 1.40 bits per heavy atom. The van der Waals surface area contributed by atoms with Crippen LogP contribution in [0.4, 0.5) is 4.39 Å². The van der Waals surface area contributed by atoms with E-state index in [1.54, 1.807) is 0 Å². The number of alkyl halides is 1. The number of allylic oxidation sites excluding steroid dienone is 2. The van der Waals surface area contributed by atoms with Gasteiger partial charge in [-0.2, -0.15) is 0 Å². The van der Waals surface area contributed by atoms with E-state index in [1.165, 1.54) is 5.57 Å². The molecule has 0 nitrogen and oxygen atoms in total. The molecular formula is C9H17F. The second-order valence-electron chi connectivity index (χ2n) is 3.23. The van der Waals surface area contributed by atoms with Crippen molar-refractivity contribution in [3.8, 4) is 0 Å². The van der Waals surface area contributed by atoms with Crippen molar-refractivity contribution >= 4 is 0 Å². The third-order valence-electron chi connectivity index (χ3n) is 1.74. The summed E-state index contributed by atoms with van der Waals surface area (Å²) in [6.45, 7) is 7.86. The van der Waals surface area contributed by atoms with Crippen LogP contribution in [0, 0.1) is 11.8 Å². The molecule has 2 unspecified atom stereocenters. The van der Waals surface area contributed by atoms with Crippen molar-refractivity contribution in [3.05, 3.63) is 11.6 Å². The van der Waals surface area contributed by atoms with Gasteiger partial charge in [0.25, 0.3) is 0 Å². The van der Waals surface area contributed by atoms with Gasteiger partial charge in [0.15, 0.2) is 0 Å². The highest BCUT2D eigenvalue weighted by atomic mass is 19.1. The first-order chi connectivity index (χ1) is 4.57. The van der Waals surface area contributed by atoms with Gasteiger partial charge in [0.2, 0.25) is 0 Å². The summed E-state index contributed by atoms with van der Waals surface area (Å²) < 4.78 is 12.1. The fourth-order valence-electron chi connectivity index (χ4n) is 0.831. The van der Waals surface area contributed by atoms with Crippen LogP contribution in [0.5, 0.6) is 0 Å². The summed E-state index contributed by atoms with van der Waals surface area (Å²) in [6.07, 6.45) is 2.12. The molecule has 0 rings (SSSR count). The number of rotatable bonds is 3. The normalized spacial score (nSPS) is 16.1. The van der Waals surface area contributed by atoms with Crippen molar-refractivity contribution in [3.63, 3.8) is 0 Å². The molecular weight excluding hydrogens is 127 g/mol. The predicted molar refractivity (Wildman–Crippen MR) is 43.7 cm³/mol. The minimum Gasteiger partial charge on any atom is -0.251 e. The summed E-state index contributed by atoms with van der Waals surface area (Å²) in [4.78, 5) is 0. The zero-order valence-electron chi connectivity index (χ0n) is 7.32. The van der Waals surface area contributed by atoms with E-state index in [2.05, 4.69) is 13.0 Å². The van der Waals surface area contributed by atoms with Gasteiger partial charge < -0.3 is 0 Å². The number of hydrogen-bond acceptors (Lipinski definition) is 0. The van der Waals surface area contributed by atoms with Crippen LogP contribution < -0.4 is 0 Å². The molecule has 1 heteroatoms. The minimum absolute atomic E-state index is 0.162. The molecule has 0 aliphatic carbocycles. The number of halogens is 1. The van der Waals surface area contributed by atoms with Crippen molar-refractivity contribution in [2.45, 2.75) is 27.7 Å². The molecule has 10 heavy (non-hydrogen) atoms. The van der Waals surface area contributed by atoms with Gasteiger partial charge in [0.1, 0.15) is 0 Å². The highest BCUT2D eigenvalue weighted by molar-refractivity contribution is 4.97. The van der Waals surface area contributed by atoms with Gasteiger partial charge in [0.05, 0.1) is 6.67 Å². The lowest BCUT2D eigenvalue weighted by molar-refractivity contribution is 0.330. The van der Waals surface area contributed by atoms with E-state index in [-0.39, 0.29) is 12.6 Å². The Kier molecular flexibility index (Phi) is 4.33. The van der Waals surface area contributed by atoms with E-state index in [0.29, 0.717) is 5.92 Å². The summed E-state index contributed by atoms with van der Waals surface area (Å²) in [5.74, 6) is 0.532. The average molecular weight is 144 g/mol. The maximum Gasteiger partial charge on any atom is 0.0925 e. The lowest BCUT2D eigenvalue weighted by Gasteiger charge is -2.12. The highest BCUT2D eigenvalue weighted by Gasteiger charge is 2.07. The molecule has 0 bridgehead atoms. The molecule has 60 valence electrons. The first kappa shape index (κ1) is 9.67. The molecule has 2 atom stereocenters. The smallest absolute Gasteiger partial charge is 0.0925 e. The quantitative estimate of drug-likeness (QED) is 0.533. The van der Waals surface area contributed by atoms with Crippen LogP contribution in [0.15, 0.2) is 11.6 Å². The van der Waals surface area contributed by atoms with E-state index < -0.39 is 0 Å². The molecule has 0 aromatic rings. The molecule has 0 saturated heterocycles. The summed E-state index contributed by atoms with van der Waals surface area (Å²) in [5, 5.41) is 0. The molecule has 0 saturated carbocycles. The third-order valence-corrected chi connectivity index (χ3v) is 1.74. The second kappa shape index (κ2) is 4.48. The van der Waals surface area contributed by atoms with Gasteiger partial charge in [-0.05, 0) is 25.7 Å². The van der Waals surface area contributed by atoms with Gasteiger partial charge in [-0.15, -0.1) is 0 Å². The topological polar surface area (TPSA) is 0 Å². The summed E-state index contributed by atoms with van der Waals surface area (Å²) in [6, 6.07) is 0. The standard InChI is InChI=1S/C9H17F/c1-7(2)5-8(3)9(4)6-10/h5,8-9H,6H2,1-4H3. The molecule has 0 amide bonds. The molecule has 0 aliphatic rings. The van der Waals surface area contributed by atoms with Gasteiger partial charge in [-0.3, -0.25) is 4.39 Å². The van der Waals surface area contributed by atoms with Gasteiger partial charge in [0, 0.05) is 0 Å². The number of hydrogen-bond donors (Lipinski definition) is 0. The van der Waals surface area contributed by atoms with Crippen molar-refractivity contribution in [1.29, 1.82) is 0 Å². The molecule has 0 heterocycles. The minimum atomic E-state index is -0.217. The zero-order chi connectivity index (χ0) is 8.15. The lowest BCUT2D eigenvalue weighted by Crippen LogP contribution is -2.07. The van der Waals surface area contributed by atoms with Gasteiger partial charge in [-0.25, -0.2) is 0 Å². The molecule has 0 spiro atoms. The van der Waals surface area contributed by atoms with Crippen LogP contribution in [-0.2, 0) is 0 Å². The van der Waals surface area contributed by atoms with E-state index >= 15 is 0 Å². The molecule has 0 aromatic heterocycles. The summed E-state index contributed by atoms with van der Waals surface area (Å²) in [7, 11) is 0. The first-order valence-corrected chi connectivity index (χ1v) is 3.79. The second-order valence-corrected chi connectivity index (χ2v) is 3.23. The van der Waals surface area contributed by atoms with Gasteiger partial charge in [-0.1, -0.05) is 25.5 Å². The molecule has 0 fully saturated rings. The Morgan fingerprint density at radius 3 is 2.20 bits per heavy atom. The van der Waals surface area contributed by atoms with Gasteiger partial charge >= 0.3 is 0 Å². The van der Waals surface area contributed by atoms with Crippen molar-refractivity contribution in [2.24, 2.45) is 11.8 Å². The Hall–Kier alpha value is -0.330. The third kappa shape index (κ3) is 3.65. The largest absolute Gasteiger partial charge is 0.251 e. The Labute approximate surface area is 63.1 Å². The van der Waals surface area contributed by atoms with Crippen LogP contribution in [0.3, 0.4) is 0 Å². The SMILES string of the molecule is CC(C)=CC(C)C(C)CF. The zero-order valence-corrected chi connectivity index (χ0v) is 7.32. The first-order valence-electron chi connectivity index (χ1n) is 3.79. The van der Waals surface area contributed by atoms with Crippen molar-refractivity contribution in [1.82, 2.24) is 0 Å². The molecule has 0 radical (unpaired) electrons. The van der Waals surface area contributed by atoms with Crippen LogP contribution in [0.1, 0.15) is 27.7 Å². The van der Waals surface area contributed by atoms with Crippen LogP contribution in [0.25, 0.3) is 0 Å². The summed E-state index contributed by atoms with van der Waals surface area (Å²) in [5.41, 5.74) is 1.27. The monoisotopic (exact) mass is 144 g/mol. The lowest BCUT2D eigenvalue weighted by atomic mass is 9.95. The Bertz CT molecular complexity index is 112. The average Bonchev–Trinajstić information content (AvgIpc) is 1.85. The van der Waals surface area contributed by atoms with E-state index in [4.69, 9.17) is 0 Å². The fraction of sp³-hybridized carbons (Fsp3) is 0.778. The fourth-order valence-corrected chi connectivity index (χ4v) is 0.831. The van der Waals surface area contributed by atoms with Crippen LogP contribution >= 0.6 is 0 Å². The molecule has 0 N–H and O–H groups in total. The maximum absolute atomic E-state index is 12.1. The van der Waals surface area contributed by atoms with E-state index in [0.717, 1.165) is 0 Å². The Morgan fingerprint density at radius 2 is 1.90 bits per heavy atom.